The average molecular weight is 293 g/mol. The highest BCUT2D eigenvalue weighted by Gasteiger charge is 2.20. The summed E-state index contributed by atoms with van der Waals surface area (Å²) in [6, 6.07) is 7.36. The van der Waals surface area contributed by atoms with E-state index in [-0.39, 0.29) is 0 Å². The molecule has 0 aliphatic carbocycles. The van der Waals surface area contributed by atoms with Gasteiger partial charge in [-0.3, -0.25) is 9.71 Å². The van der Waals surface area contributed by atoms with Gasteiger partial charge < -0.3 is 5.32 Å². The van der Waals surface area contributed by atoms with Gasteiger partial charge >= 0.3 is 0 Å². The second-order valence-electron chi connectivity index (χ2n) is 4.67. The largest absolute Gasteiger partial charge is 0.316 e. The number of anilines is 1. The second kappa shape index (κ2) is 6.19. The normalized spacial score (nSPS) is 13.3. The first kappa shape index (κ1) is 14.7. The highest BCUT2D eigenvalue weighted by molar-refractivity contribution is 7.93. The molecule has 0 saturated heterocycles. The number of benzene rings is 1. The van der Waals surface area contributed by atoms with Gasteiger partial charge in [0.2, 0.25) is 10.0 Å². The molecule has 0 radical (unpaired) electrons. The van der Waals surface area contributed by atoms with Crippen LogP contribution in [0.25, 0.3) is 10.8 Å². The van der Waals surface area contributed by atoms with Crippen LogP contribution in [0.5, 0.6) is 0 Å². The van der Waals surface area contributed by atoms with E-state index < -0.39 is 15.3 Å². The van der Waals surface area contributed by atoms with E-state index in [1.54, 1.807) is 25.4 Å². The Morgan fingerprint density at radius 2 is 2.10 bits per heavy atom. The van der Waals surface area contributed by atoms with Gasteiger partial charge in [0.15, 0.2) is 0 Å². The lowest BCUT2D eigenvalue weighted by Gasteiger charge is -2.16. The first-order valence-corrected chi connectivity index (χ1v) is 8.14. The van der Waals surface area contributed by atoms with Crippen molar-refractivity contribution in [2.45, 2.75) is 19.1 Å². The lowest BCUT2D eigenvalue weighted by atomic mass is 10.1. The molecule has 0 spiro atoms. The van der Waals surface area contributed by atoms with Gasteiger partial charge in [0, 0.05) is 24.3 Å². The Labute approximate surface area is 119 Å². The van der Waals surface area contributed by atoms with Gasteiger partial charge in [0.25, 0.3) is 0 Å². The third-order valence-corrected chi connectivity index (χ3v) is 4.88. The van der Waals surface area contributed by atoms with Crippen LogP contribution in [0.3, 0.4) is 0 Å². The molecule has 1 heterocycles. The molecule has 0 fully saturated rings. The Bertz CT molecular complexity index is 680. The van der Waals surface area contributed by atoms with E-state index in [1.165, 1.54) is 0 Å². The van der Waals surface area contributed by atoms with Crippen molar-refractivity contribution in [3.05, 3.63) is 36.7 Å². The summed E-state index contributed by atoms with van der Waals surface area (Å²) in [5.41, 5.74) is 0.568. The van der Waals surface area contributed by atoms with Crippen molar-refractivity contribution in [3.8, 4) is 0 Å². The Balaban J connectivity index is 2.27. The lowest BCUT2D eigenvalue weighted by Crippen LogP contribution is -2.34. The number of hydrogen-bond acceptors (Lipinski definition) is 4. The lowest BCUT2D eigenvalue weighted by molar-refractivity contribution is 0.579. The monoisotopic (exact) mass is 293 g/mol. The fourth-order valence-electron chi connectivity index (χ4n) is 1.91. The van der Waals surface area contributed by atoms with Crippen LogP contribution in [-0.2, 0) is 10.0 Å². The summed E-state index contributed by atoms with van der Waals surface area (Å²) in [4.78, 5) is 4.05. The highest BCUT2D eigenvalue weighted by atomic mass is 32.2. The molecule has 0 saturated carbocycles. The summed E-state index contributed by atoms with van der Waals surface area (Å²) in [6.45, 7) is 4.81. The van der Waals surface area contributed by atoms with Gasteiger partial charge in [-0.1, -0.05) is 19.1 Å². The van der Waals surface area contributed by atoms with E-state index in [0.29, 0.717) is 12.2 Å². The number of rotatable bonds is 6. The molecule has 1 aromatic carbocycles. The zero-order valence-electron chi connectivity index (χ0n) is 11.6. The molecule has 1 aromatic heterocycles. The van der Waals surface area contributed by atoms with Gasteiger partial charge in [0.05, 0.1) is 10.9 Å². The molecule has 0 aliphatic rings. The van der Waals surface area contributed by atoms with E-state index in [0.717, 1.165) is 17.3 Å². The van der Waals surface area contributed by atoms with Crippen molar-refractivity contribution >= 4 is 26.5 Å². The van der Waals surface area contributed by atoms with Crippen LogP contribution in [0.15, 0.2) is 36.7 Å². The van der Waals surface area contributed by atoms with Crippen LogP contribution < -0.4 is 10.0 Å². The van der Waals surface area contributed by atoms with Gasteiger partial charge in [-0.15, -0.1) is 0 Å². The number of hydrogen-bond donors (Lipinski definition) is 2. The predicted octanol–water partition coefficient (Wildman–Crippen LogP) is 1.97. The number of fused-ring (bicyclic) bond motifs is 1. The van der Waals surface area contributed by atoms with Gasteiger partial charge in [-0.2, -0.15) is 0 Å². The number of nitrogens with zero attached hydrogens (tertiary/aromatic N) is 1. The fraction of sp³-hybridized carbons (Fsp3) is 0.357. The topological polar surface area (TPSA) is 71.1 Å². The summed E-state index contributed by atoms with van der Waals surface area (Å²) in [5, 5.41) is 4.30. The average Bonchev–Trinajstić information content (AvgIpc) is 2.44. The van der Waals surface area contributed by atoms with Crippen molar-refractivity contribution in [3.63, 3.8) is 0 Å². The number of aromatic nitrogens is 1. The summed E-state index contributed by atoms with van der Waals surface area (Å²) in [6.07, 6.45) is 3.36. The van der Waals surface area contributed by atoms with Gasteiger partial charge in [0.1, 0.15) is 0 Å². The molecule has 0 bridgehead atoms. The minimum absolute atomic E-state index is 0.425. The maximum absolute atomic E-state index is 12.3. The maximum atomic E-state index is 12.3. The molecule has 5 nitrogen and oxygen atoms in total. The minimum Gasteiger partial charge on any atom is -0.316 e. The van der Waals surface area contributed by atoms with Crippen molar-refractivity contribution in [2.75, 3.05) is 17.8 Å². The summed E-state index contributed by atoms with van der Waals surface area (Å²) in [7, 11) is -3.42. The van der Waals surface area contributed by atoms with E-state index in [4.69, 9.17) is 0 Å². The molecule has 0 amide bonds. The first-order valence-electron chi connectivity index (χ1n) is 6.59. The first-order chi connectivity index (χ1) is 9.54. The van der Waals surface area contributed by atoms with Crippen molar-refractivity contribution in [1.29, 1.82) is 0 Å². The predicted molar refractivity (Wildman–Crippen MR) is 82.3 cm³/mol. The van der Waals surface area contributed by atoms with E-state index in [2.05, 4.69) is 15.0 Å². The fourth-order valence-corrected chi connectivity index (χ4v) is 2.94. The summed E-state index contributed by atoms with van der Waals surface area (Å²) in [5.74, 6) is 0. The maximum Gasteiger partial charge on any atom is 0.236 e. The van der Waals surface area contributed by atoms with Gasteiger partial charge in [-0.25, -0.2) is 8.42 Å². The number of nitrogens with one attached hydrogen (secondary N) is 2. The Morgan fingerprint density at radius 1 is 1.30 bits per heavy atom. The minimum atomic E-state index is -3.42. The third kappa shape index (κ3) is 3.26. The van der Waals surface area contributed by atoms with Crippen LogP contribution in [-0.4, -0.2) is 31.7 Å². The molecule has 1 unspecified atom stereocenters. The van der Waals surface area contributed by atoms with Crippen molar-refractivity contribution < 1.29 is 8.42 Å². The molecule has 6 heteroatoms. The zero-order chi connectivity index (χ0) is 14.6. The molecule has 20 heavy (non-hydrogen) atoms. The molecule has 2 rings (SSSR count). The number of sulfonamides is 1. The van der Waals surface area contributed by atoms with Crippen molar-refractivity contribution in [2.24, 2.45) is 0 Å². The molecular formula is C14H19N3O2S. The molecule has 2 aromatic rings. The van der Waals surface area contributed by atoms with Crippen LogP contribution in [0.2, 0.25) is 0 Å². The Morgan fingerprint density at radius 3 is 2.85 bits per heavy atom. The summed E-state index contributed by atoms with van der Waals surface area (Å²) >= 11 is 0. The van der Waals surface area contributed by atoms with Crippen LogP contribution in [0.1, 0.15) is 13.8 Å². The van der Waals surface area contributed by atoms with Crippen molar-refractivity contribution in [1.82, 2.24) is 10.3 Å². The van der Waals surface area contributed by atoms with E-state index in [9.17, 15) is 8.42 Å². The molecular weight excluding hydrogens is 274 g/mol. The van der Waals surface area contributed by atoms with Crippen LogP contribution in [0.4, 0.5) is 5.69 Å². The third-order valence-electron chi connectivity index (χ3n) is 3.15. The second-order valence-corrected chi connectivity index (χ2v) is 6.77. The molecule has 0 aliphatic heterocycles. The molecule has 1 atom stereocenters. The summed E-state index contributed by atoms with van der Waals surface area (Å²) < 4.78 is 27.2. The van der Waals surface area contributed by atoms with Crippen LogP contribution in [0, 0.1) is 0 Å². The Kier molecular flexibility index (Phi) is 4.57. The highest BCUT2D eigenvalue weighted by Crippen LogP contribution is 2.23. The molecule has 2 N–H and O–H groups in total. The smallest absolute Gasteiger partial charge is 0.236 e. The van der Waals surface area contributed by atoms with Gasteiger partial charge in [-0.05, 0) is 31.0 Å². The number of pyridine rings is 1. The molecule has 108 valence electrons. The quantitative estimate of drug-likeness (QED) is 0.854. The van der Waals surface area contributed by atoms with E-state index in [1.807, 2.05) is 25.1 Å². The standard InChI is InChI=1S/C14H19N3O2S/c1-3-15-9-11(2)20(18,19)17-14-6-4-5-12-7-8-16-10-13(12)14/h4-8,10-11,15,17H,3,9H2,1-2H3. The Hall–Kier alpha value is -1.66. The van der Waals surface area contributed by atoms with E-state index >= 15 is 0 Å². The SMILES string of the molecule is CCNCC(C)S(=O)(=O)Nc1cccc2ccncc12. The zero-order valence-corrected chi connectivity index (χ0v) is 12.4. The van der Waals surface area contributed by atoms with Crippen LogP contribution >= 0.6 is 0 Å².